The Bertz CT molecular complexity index is 589. The molecule has 1 aromatic heterocycles. The highest BCUT2D eigenvalue weighted by Crippen LogP contribution is 2.32. The standard InChI is InChI=1S/C15H19NO2S/c1-10(2)8-16(3)9-12-11-6-4-5-7-13(11)19-14(12)15(17)18/h4-7,10H,8-9H2,1-3H3,(H,17,18). The molecule has 0 amide bonds. The highest BCUT2D eigenvalue weighted by molar-refractivity contribution is 7.21. The summed E-state index contributed by atoms with van der Waals surface area (Å²) >= 11 is 1.37. The summed E-state index contributed by atoms with van der Waals surface area (Å²) in [5.74, 6) is -0.252. The second kappa shape index (κ2) is 5.72. The smallest absolute Gasteiger partial charge is 0.346 e. The minimum atomic E-state index is -0.825. The van der Waals surface area contributed by atoms with Crippen LogP contribution >= 0.6 is 11.3 Å². The average molecular weight is 277 g/mol. The van der Waals surface area contributed by atoms with Crippen molar-refractivity contribution in [2.24, 2.45) is 5.92 Å². The second-order valence-corrected chi connectivity index (χ2v) is 6.35. The molecule has 19 heavy (non-hydrogen) atoms. The van der Waals surface area contributed by atoms with E-state index in [1.165, 1.54) is 11.3 Å². The Morgan fingerprint density at radius 1 is 1.37 bits per heavy atom. The summed E-state index contributed by atoms with van der Waals surface area (Å²) in [5, 5.41) is 10.4. The first kappa shape index (κ1) is 14.0. The van der Waals surface area contributed by atoms with E-state index in [0.717, 1.165) is 22.2 Å². The Morgan fingerprint density at radius 3 is 2.68 bits per heavy atom. The number of carboxylic acids is 1. The van der Waals surface area contributed by atoms with Gasteiger partial charge in [-0.25, -0.2) is 4.79 Å². The summed E-state index contributed by atoms with van der Waals surface area (Å²) in [4.78, 5) is 14.0. The zero-order chi connectivity index (χ0) is 14.0. The van der Waals surface area contributed by atoms with Gasteiger partial charge in [0.25, 0.3) is 0 Å². The molecule has 0 bridgehead atoms. The maximum absolute atomic E-state index is 11.4. The van der Waals surface area contributed by atoms with Gasteiger partial charge < -0.3 is 10.0 Å². The first-order valence-corrected chi connectivity index (χ1v) is 7.23. The first-order valence-electron chi connectivity index (χ1n) is 6.41. The number of thiophene rings is 1. The van der Waals surface area contributed by atoms with E-state index in [-0.39, 0.29) is 0 Å². The molecule has 0 spiro atoms. The van der Waals surface area contributed by atoms with Crippen molar-refractivity contribution in [3.63, 3.8) is 0 Å². The van der Waals surface area contributed by atoms with Gasteiger partial charge in [0.15, 0.2) is 0 Å². The van der Waals surface area contributed by atoms with E-state index < -0.39 is 5.97 Å². The van der Waals surface area contributed by atoms with Gasteiger partial charge in [0.1, 0.15) is 4.88 Å². The van der Waals surface area contributed by atoms with Gasteiger partial charge in [0.05, 0.1) is 0 Å². The number of benzene rings is 1. The SMILES string of the molecule is CC(C)CN(C)Cc1c(C(=O)O)sc2ccccc12. The van der Waals surface area contributed by atoms with E-state index >= 15 is 0 Å². The van der Waals surface area contributed by atoms with Crippen LogP contribution in [0.15, 0.2) is 24.3 Å². The molecule has 0 unspecified atom stereocenters. The molecule has 4 heteroatoms. The normalized spacial score (nSPS) is 11.6. The molecule has 0 aliphatic rings. The Labute approximate surface area is 117 Å². The molecule has 2 rings (SSSR count). The van der Waals surface area contributed by atoms with Crippen LogP contribution in [0.5, 0.6) is 0 Å². The molecule has 0 aliphatic heterocycles. The molecule has 2 aromatic rings. The fraction of sp³-hybridized carbons (Fsp3) is 0.400. The zero-order valence-electron chi connectivity index (χ0n) is 11.5. The molecule has 0 radical (unpaired) electrons. The van der Waals surface area contributed by atoms with Gasteiger partial charge in [0, 0.05) is 17.8 Å². The lowest BCUT2D eigenvalue weighted by Crippen LogP contribution is -2.23. The van der Waals surface area contributed by atoms with Crippen molar-refractivity contribution < 1.29 is 9.90 Å². The Morgan fingerprint density at radius 2 is 2.05 bits per heavy atom. The van der Waals surface area contributed by atoms with Gasteiger partial charge in [-0.2, -0.15) is 0 Å². The number of nitrogens with zero attached hydrogens (tertiary/aromatic N) is 1. The Kier molecular flexibility index (Phi) is 4.22. The maximum Gasteiger partial charge on any atom is 0.346 e. The van der Waals surface area contributed by atoms with Crippen LogP contribution < -0.4 is 0 Å². The maximum atomic E-state index is 11.4. The molecule has 0 atom stereocenters. The van der Waals surface area contributed by atoms with Crippen molar-refractivity contribution >= 4 is 27.4 Å². The monoisotopic (exact) mass is 277 g/mol. The van der Waals surface area contributed by atoms with Gasteiger partial charge in [-0.05, 0) is 30.0 Å². The third kappa shape index (κ3) is 3.14. The van der Waals surface area contributed by atoms with Crippen LogP contribution in [0.25, 0.3) is 10.1 Å². The van der Waals surface area contributed by atoms with E-state index in [1.54, 1.807) is 0 Å². The number of hydrogen-bond donors (Lipinski definition) is 1. The fourth-order valence-corrected chi connectivity index (χ4v) is 3.44. The van der Waals surface area contributed by atoms with Crippen LogP contribution in [0.4, 0.5) is 0 Å². The van der Waals surface area contributed by atoms with Gasteiger partial charge in [-0.15, -0.1) is 11.3 Å². The highest BCUT2D eigenvalue weighted by atomic mass is 32.1. The molecule has 102 valence electrons. The first-order chi connectivity index (χ1) is 8.99. The molecular weight excluding hydrogens is 258 g/mol. The zero-order valence-corrected chi connectivity index (χ0v) is 12.3. The van der Waals surface area contributed by atoms with E-state index in [9.17, 15) is 9.90 Å². The summed E-state index contributed by atoms with van der Waals surface area (Å²) in [6.07, 6.45) is 0. The topological polar surface area (TPSA) is 40.5 Å². The van der Waals surface area contributed by atoms with Gasteiger partial charge in [0.2, 0.25) is 0 Å². The summed E-state index contributed by atoms with van der Waals surface area (Å²) in [5.41, 5.74) is 0.941. The lowest BCUT2D eigenvalue weighted by Gasteiger charge is -2.19. The molecular formula is C15H19NO2S. The molecule has 3 nitrogen and oxygen atoms in total. The Balaban J connectivity index is 2.39. The summed E-state index contributed by atoms with van der Waals surface area (Å²) in [7, 11) is 2.04. The lowest BCUT2D eigenvalue weighted by molar-refractivity contribution is 0.0700. The third-order valence-corrected chi connectivity index (χ3v) is 4.20. The fourth-order valence-electron chi connectivity index (χ4n) is 2.39. The van der Waals surface area contributed by atoms with E-state index in [2.05, 4.69) is 18.7 Å². The van der Waals surface area contributed by atoms with Crippen LogP contribution in [0.1, 0.15) is 29.1 Å². The average Bonchev–Trinajstić information content (AvgIpc) is 2.67. The number of fused-ring (bicyclic) bond motifs is 1. The van der Waals surface area contributed by atoms with E-state index in [1.807, 2.05) is 31.3 Å². The summed E-state index contributed by atoms with van der Waals surface area (Å²) < 4.78 is 1.05. The second-order valence-electron chi connectivity index (χ2n) is 5.30. The molecule has 0 saturated carbocycles. The van der Waals surface area contributed by atoms with Crippen LogP contribution in [-0.4, -0.2) is 29.6 Å². The molecule has 0 fully saturated rings. The van der Waals surface area contributed by atoms with Crippen LogP contribution in [0, 0.1) is 5.92 Å². The van der Waals surface area contributed by atoms with Crippen LogP contribution in [0.3, 0.4) is 0 Å². The van der Waals surface area contributed by atoms with Crippen molar-refractivity contribution in [3.05, 3.63) is 34.7 Å². The van der Waals surface area contributed by atoms with Crippen molar-refractivity contribution in [1.82, 2.24) is 4.90 Å². The van der Waals surface area contributed by atoms with Crippen molar-refractivity contribution in [3.8, 4) is 0 Å². The molecule has 1 N–H and O–H groups in total. The van der Waals surface area contributed by atoms with Crippen molar-refractivity contribution in [2.75, 3.05) is 13.6 Å². The minimum absolute atomic E-state index is 0.469. The molecule has 1 heterocycles. The van der Waals surface area contributed by atoms with Crippen molar-refractivity contribution in [1.29, 1.82) is 0 Å². The molecule has 0 saturated heterocycles. The predicted octanol–water partition coefficient (Wildman–Crippen LogP) is 3.69. The van der Waals surface area contributed by atoms with E-state index in [0.29, 0.717) is 17.3 Å². The number of rotatable bonds is 5. The van der Waals surface area contributed by atoms with Gasteiger partial charge >= 0.3 is 5.97 Å². The predicted molar refractivity (Wildman–Crippen MR) is 80.0 cm³/mol. The number of carbonyl (C=O) groups is 1. The number of hydrogen-bond acceptors (Lipinski definition) is 3. The van der Waals surface area contributed by atoms with Crippen LogP contribution in [-0.2, 0) is 6.54 Å². The van der Waals surface area contributed by atoms with E-state index in [4.69, 9.17) is 0 Å². The summed E-state index contributed by atoms with van der Waals surface area (Å²) in [6, 6.07) is 7.91. The summed E-state index contributed by atoms with van der Waals surface area (Å²) in [6.45, 7) is 5.98. The lowest BCUT2D eigenvalue weighted by atomic mass is 10.1. The van der Waals surface area contributed by atoms with Crippen LogP contribution in [0.2, 0.25) is 0 Å². The largest absolute Gasteiger partial charge is 0.477 e. The number of aromatic carboxylic acids is 1. The molecule has 1 aromatic carbocycles. The third-order valence-electron chi connectivity index (χ3n) is 3.00. The quantitative estimate of drug-likeness (QED) is 0.906. The molecule has 0 aliphatic carbocycles. The minimum Gasteiger partial charge on any atom is -0.477 e. The van der Waals surface area contributed by atoms with Gasteiger partial charge in [-0.3, -0.25) is 0 Å². The van der Waals surface area contributed by atoms with Gasteiger partial charge in [-0.1, -0.05) is 32.0 Å². The number of carboxylic acid groups (broad SMARTS) is 1. The Hall–Kier alpha value is -1.39. The van der Waals surface area contributed by atoms with Crippen molar-refractivity contribution in [2.45, 2.75) is 20.4 Å². The highest BCUT2D eigenvalue weighted by Gasteiger charge is 2.18.